The number of benzene rings is 3. The van der Waals surface area contributed by atoms with Crippen LogP contribution in [0.25, 0.3) is 21.7 Å². The van der Waals surface area contributed by atoms with Crippen LogP contribution in [0.3, 0.4) is 0 Å². The number of ether oxygens (including phenoxy) is 1. The van der Waals surface area contributed by atoms with E-state index in [2.05, 4.69) is 65.0 Å². The first kappa shape index (κ1) is 23.2. The maximum Gasteiger partial charge on any atom is 0.119 e. The summed E-state index contributed by atoms with van der Waals surface area (Å²) in [5.41, 5.74) is 3.36. The fraction of sp³-hybridized carbons (Fsp3) is 0.344. The van der Waals surface area contributed by atoms with Crippen molar-refractivity contribution >= 4 is 21.7 Å². The lowest BCUT2D eigenvalue weighted by molar-refractivity contribution is -0.0794. The summed E-state index contributed by atoms with van der Waals surface area (Å²) >= 11 is 0. The van der Waals surface area contributed by atoms with Gasteiger partial charge in [0.05, 0.1) is 18.7 Å². The fourth-order valence-electron chi connectivity index (χ4n) is 6.65. The van der Waals surface area contributed by atoms with Crippen molar-refractivity contribution in [3.05, 3.63) is 96.7 Å². The summed E-state index contributed by atoms with van der Waals surface area (Å²) in [6, 6.07) is 23.2. The number of piperidine rings is 1. The van der Waals surface area contributed by atoms with Gasteiger partial charge in [-0.05, 0) is 95.8 Å². The number of fused-ring (bicyclic) bond motifs is 2. The van der Waals surface area contributed by atoms with Gasteiger partial charge in [0.15, 0.2) is 0 Å². The summed E-state index contributed by atoms with van der Waals surface area (Å²) in [4.78, 5) is 7.05. The number of likely N-dealkylation sites (tertiary alicyclic amines) is 1. The van der Waals surface area contributed by atoms with Crippen LogP contribution < -0.4 is 4.74 Å². The molecule has 1 N–H and O–H groups in total. The molecule has 4 aromatic rings. The zero-order valence-corrected chi connectivity index (χ0v) is 20.9. The van der Waals surface area contributed by atoms with Gasteiger partial charge >= 0.3 is 0 Å². The third kappa shape index (κ3) is 3.99. The second kappa shape index (κ2) is 9.34. The molecule has 2 fully saturated rings. The monoisotopic (exact) mass is 478 g/mol. The largest absolute Gasteiger partial charge is 0.497 e. The minimum atomic E-state index is -0.619. The van der Waals surface area contributed by atoms with Crippen molar-refractivity contribution < 1.29 is 9.84 Å². The topological polar surface area (TPSA) is 45.6 Å². The molecule has 4 heteroatoms. The van der Waals surface area contributed by atoms with E-state index >= 15 is 0 Å². The summed E-state index contributed by atoms with van der Waals surface area (Å²) in [5, 5.41) is 15.5. The molecule has 6 rings (SSSR count). The van der Waals surface area contributed by atoms with Crippen LogP contribution >= 0.6 is 0 Å². The molecule has 4 unspecified atom stereocenters. The van der Waals surface area contributed by atoms with Gasteiger partial charge < -0.3 is 9.84 Å². The van der Waals surface area contributed by atoms with Crippen LogP contribution in [0, 0.1) is 11.3 Å². The zero-order valence-electron chi connectivity index (χ0n) is 20.9. The van der Waals surface area contributed by atoms with E-state index in [4.69, 9.17) is 4.74 Å². The lowest BCUT2D eigenvalue weighted by Gasteiger charge is -2.56. The first-order chi connectivity index (χ1) is 17.6. The Morgan fingerprint density at radius 2 is 1.97 bits per heavy atom. The number of hydrogen-bond acceptors (Lipinski definition) is 4. The Morgan fingerprint density at radius 3 is 2.75 bits per heavy atom. The van der Waals surface area contributed by atoms with E-state index in [-0.39, 0.29) is 11.5 Å². The van der Waals surface area contributed by atoms with Crippen molar-refractivity contribution in [1.82, 2.24) is 9.88 Å². The molecule has 1 aromatic heterocycles. The summed E-state index contributed by atoms with van der Waals surface area (Å²) in [6.45, 7) is 5.94. The summed E-state index contributed by atoms with van der Waals surface area (Å²) in [7, 11) is 1.68. The van der Waals surface area contributed by atoms with Crippen LogP contribution in [-0.2, 0) is 6.54 Å². The molecule has 4 atom stereocenters. The number of aliphatic hydroxyl groups is 1. The van der Waals surface area contributed by atoms with E-state index in [1.54, 1.807) is 7.11 Å². The van der Waals surface area contributed by atoms with Gasteiger partial charge in [0.2, 0.25) is 0 Å². The number of nitrogens with zero attached hydrogens (tertiary/aromatic N) is 2. The molecular weight excluding hydrogens is 444 g/mol. The van der Waals surface area contributed by atoms with Crippen molar-refractivity contribution in [3.8, 4) is 5.75 Å². The lowest BCUT2D eigenvalue weighted by Crippen LogP contribution is -2.54. The van der Waals surface area contributed by atoms with Crippen LogP contribution in [-0.4, -0.2) is 34.7 Å². The normalized spacial score (nSPS) is 25.1. The Morgan fingerprint density at radius 1 is 1.11 bits per heavy atom. The van der Waals surface area contributed by atoms with Crippen LogP contribution in [0.2, 0.25) is 0 Å². The minimum Gasteiger partial charge on any atom is -0.497 e. The first-order valence-electron chi connectivity index (χ1n) is 13.1. The quantitative estimate of drug-likeness (QED) is 0.314. The van der Waals surface area contributed by atoms with Crippen LogP contribution in [0.4, 0.5) is 0 Å². The third-order valence-electron chi connectivity index (χ3n) is 8.87. The number of rotatable bonds is 6. The summed E-state index contributed by atoms with van der Waals surface area (Å²) in [6.07, 6.45) is 7.92. The van der Waals surface area contributed by atoms with Crippen LogP contribution in [0.5, 0.6) is 5.75 Å². The van der Waals surface area contributed by atoms with Gasteiger partial charge in [-0.3, -0.25) is 9.88 Å². The van der Waals surface area contributed by atoms with E-state index in [1.807, 2.05) is 30.5 Å². The van der Waals surface area contributed by atoms with Crippen molar-refractivity contribution in [1.29, 1.82) is 0 Å². The predicted molar refractivity (Wildman–Crippen MR) is 146 cm³/mol. The number of hydrogen-bond donors (Lipinski definition) is 1. The van der Waals surface area contributed by atoms with Gasteiger partial charge in [-0.1, -0.05) is 42.5 Å². The van der Waals surface area contributed by atoms with Crippen molar-refractivity contribution in [3.63, 3.8) is 0 Å². The average Bonchev–Trinajstić information content (AvgIpc) is 2.92. The molecule has 0 radical (unpaired) electrons. The Hall–Kier alpha value is -3.21. The average molecular weight is 479 g/mol. The molecule has 2 aliphatic rings. The molecule has 1 saturated heterocycles. The SMILES string of the molecule is C=CC1CCC12CCN(Cc1ccc3ccccc3c1)C(C(O)c1ccnc3ccc(OC)cc13)C2. The van der Waals surface area contributed by atoms with Gasteiger partial charge in [0.1, 0.15) is 5.75 Å². The third-order valence-corrected chi connectivity index (χ3v) is 8.87. The molecule has 3 aromatic carbocycles. The molecule has 0 bridgehead atoms. The summed E-state index contributed by atoms with van der Waals surface area (Å²) < 4.78 is 5.50. The van der Waals surface area contributed by atoms with Gasteiger partial charge in [0, 0.05) is 24.2 Å². The Labute approximate surface area is 213 Å². The highest BCUT2D eigenvalue weighted by Crippen LogP contribution is 2.57. The first-order valence-corrected chi connectivity index (χ1v) is 13.1. The molecule has 1 aliphatic carbocycles. The lowest BCUT2D eigenvalue weighted by atomic mass is 9.54. The highest BCUT2D eigenvalue weighted by Gasteiger charge is 2.51. The minimum absolute atomic E-state index is 0.0183. The van der Waals surface area contributed by atoms with Crippen molar-refractivity contribution in [2.45, 2.75) is 44.4 Å². The van der Waals surface area contributed by atoms with Gasteiger partial charge in [-0.15, -0.1) is 6.58 Å². The fourth-order valence-corrected chi connectivity index (χ4v) is 6.65. The van der Waals surface area contributed by atoms with Gasteiger partial charge in [-0.25, -0.2) is 0 Å². The molecule has 1 saturated carbocycles. The van der Waals surface area contributed by atoms with E-state index in [0.717, 1.165) is 48.1 Å². The Bertz CT molecular complexity index is 1420. The van der Waals surface area contributed by atoms with Gasteiger partial charge in [-0.2, -0.15) is 0 Å². The smallest absolute Gasteiger partial charge is 0.119 e. The molecule has 4 nitrogen and oxygen atoms in total. The Kier molecular flexibility index (Phi) is 6.02. The van der Waals surface area contributed by atoms with Crippen molar-refractivity contribution in [2.75, 3.05) is 13.7 Å². The molecule has 1 spiro atoms. The number of allylic oxidation sites excluding steroid dienone is 1. The number of pyridine rings is 1. The second-order valence-electron chi connectivity index (χ2n) is 10.6. The standard InChI is InChI=1S/C32H34N2O2/c1-3-25-12-14-32(25)15-17-34(21-22-8-9-23-6-4-5-7-24(23)18-22)30(20-32)31(35)27-13-16-33-29-11-10-26(36-2)19-28(27)29/h3-11,13,16,18-19,25,30-31,35H,1,12,14-15,17,20-21H2,2H3. The van der Waals surface area contributed by atoms with Crippen LogP contribution in [0.1, 0.15) is 42.9 Å². The van der Waals surface area contributed by atoms with E-state index in [0.29, 0.717) is 5.92 Å². The highest BCUT2D eigenvalue weighted by molar-refractivity contribution is 5.84. The molecule has 2 heterocycles. The Balaban J connectivity index is 1.37. The molecule has 0 amide bonds. The highest BCUT2D eigenvalue weighted by atomic mass is 16.5. The van der Waals surface area contributed by atoms with E-state index < -0.39 is 6.10 Å². The molecule has 1 aliphatic heterocycles. The number of aromatic nitrogens is 1. The number of aliphatic hydroxyl groups excluding tert-OH is 1. The predicted octanol–water partition coefficient (Wildman–Crippen LogP) is 6.68. The number of methoxy groups -OCH3 is 1. The second-order valence-corrected chi connectivity index (χ2v) is 10.6. The molecular formula is C32H34N2O2. The summed E-state index contributed by atoms with van der Waals surface area (Å²) in [5.74, 6) is 1.33. The van der Waals surface area contributed by atoms with Crippen molar-refractivity contribution in [2.24, 2.45) is 11.3 Å². The zero-order chi connectivity index (χ0) is 24.7. The van der Waals surface area contributed by atoms with Gasteiger partial charge in [0.25, 0.3) is 0 Å². The van der Waals surface area contributed by atoms with E-state index in [9.17, 15) is 5.11 Å². The van der Waals surface area contributed by atoms with Crippen LogP contribution in [0.15, 0.2) is 85.6 Å². The maximum absolute atomic E-state index is 12.0. The van der Waals surface area contributed by atoms with E-state index in [1.165, 1.54) is 29.2 Å². The molecule has 184 valence electrons. The molecule has 36 heavy (non-hydrogen) atoms. The maximum atomic E-state index is 12.0.